The van der Waals surface area contributed by atoms with Gasteiger partial charge in [0.2, 0.25) is 0 Å². The van der Waals surface area contributed by atoms with Gasteiger partial charge in [0.1, 0.15) is 24.9 Å². The van der Waals surface area contributed by atoms with Gasteiger partial charge in [0.25, 0.3) is 0 Å². The number of quaternary nitrogens is 1. The molecule has 3 rings (SSSR count). The first-order valence-corrected chi connectivity index (χ1v) is 9.69. The second kappa shape index (κ2) is 9.15. The van der Waals surface area contributed by atoms with Crippen molar-refractivity contribution >= 4 is 34.4 Å². The van der Waals surface area contributed by atoms with Crippen molar-refractivity contribution < 1.29 is 14.4 Å². The van der Waals surface area contributed by atoms with Crippen LogP contribution < -0.4 is 20.3 Å². The minimum absolute atomic E-state index is 0.388. The molecule has 2 aromatic rings. The van der Waals surface area contributed by atoms with E-state index in [9.17, 15) is 0 Å². The molecule has 1 aliphatic rings. The number of ether oxygens (including phenoxy) is 2. The van der Waals surface area contributed by atoms with E-state index in [1.807, 2.05) is 24.3 Å². The van der Waals surface area contributed by atoms with Crippen LogP contribution in [0.1, 0.15) is 10.9 Å². The predicted octanol–water partition coefficient (Wildman–Crippen LogP) is 1.70. The molecule has 7 heteroatoms. The van der Waals surface area contributed by atoms with Crippen molar-refractivity contribution in [2.24, 2.45) is 0 Å². The average Bonchev–Trinajstić information content (AvgIpc) is 3.18. The number of benzene rings is 1. The van der Waals surface area contributed by atoms with E-state index in [0.29, 0.717) is 11.2 Å². The van der Waals surface area contributed by atoms with Crippen LogP contribution in [0.4, 0.5) is 5.69 Å². The topological polar surface area (TPSA) is 47.0 Å². The van der Waals surface area contributed by atoms with Crippen LogP contribution in [0.3, 0.4) is 0 Å². The standard InChI is InChI=1S/C18H23N3O2S2/c1-22-15-6-4-14(5-7-15)20-18(24)19-13-16(17-3-2-12-25-17)21-8-10-23-11-9-21/h2-7,12,16H,8-11,13H2,1H3,(H2,19,20,24)/p+1/t16-/m0/s1. The van der Waals surface area contributed by atoms with E-state index >= 15 is 0 Å². The van der Waals surface area contributed by atoms with E-state index in [1.54, 1.807) is 23.3 Å². The van der Waals surface area contributed by atoms with Gasteiger partial charge in [0.15, 0.2) is 5.11 Å². The largest absolute Gasteiger partial charge is 0.497 e. The molecule has 1 aromatic carbocycles. The van der Waals surface area contributed by atoms with Crippen LogP contribution in [0, 0.1) is 0 Å². The van der Waals surface area contributed by atoms with Crippen molar-refractivity contribution in [2.45, 2.75) is 6.04 Å². The fourth-order valence-corrected chi connectivity index (χ4v) is 4.05. The maximum absolute atomic E-state index is 5.50. The number of anilines is 1. The summed E-state index contributed by atoms with van der Waals surface area (Å²) in [5.74, 6) is 0.832. The lowest BCUT2D eigenvalue weighted by Crippen LogP contribution is -3.15. The fourth-order valence-electron chi connectivity index (χ4n) is 2.96. The molecule has 1 aromatic heterocycles. The number of hydrogen-bond donors (Lipinski definition) is 3. The van der Waals surface area contributed by atoms with E-state index in [4.69, 9.17) is 21.7 Å². The second-order valence-electron chi connectivity index (χ2n) is 5.90. The van der Waals surface area contributed by atoms with Crippen LogP contribution in [0.25, 0.3) is 0 Å². The number of thiophene rings is 1. The summed E-state index contributed by atoms with van der Waals surface area (Å²) >= 11 is 7.27. The molecule has 0 radical (unpaired) electrons. The Morgan fingerprint density at radius 1 is 1.28 bits per heavy atom. The summed E-state index contributed by atoms with van der Waals surface area (Å²) in [6.45, 7) is 4.52. The van der Waals surface area contributed by atoms with E-state index < -0.39 is 0 Å². The number of methoxy groups -OCH3 is 1. The molecule has 1 aliphatic heterocycles. The van der Waals surface area contributed by atoms with Gasteiger partial charge in [-0.05, 0) is 47.9 Å². The molecule has 0 bridgehead atoms. The summed E-state index contributed by atoms with van der Waals surface area (Å²) in [7, 11) is 1.66. The summed E-state index contributed by atoms with van der Waals surface area (Å²) in [4.78, 5) is 2.94. The van der Waals surface area contributed by atoms with Gasteiger partial charge in [0.05, 0.1) is 31.7 Å². The van der Waals surface area contributed by atoms with Gasteiger partial charge in [-0.2, -0.15) is 0 Å². The molecule has 0 spiro atoms. The Hall–Kier alpha value is -1.67. The molecule has 1 saturated heterocycles. The van der Waals surface area contributed by atoms with Crippen LogP contribution in [0.5, 0.6) is 5.75 Å². The SMILES string of the molecule is COc1ccc(NC(=S)NC[C@@H](c2cccs2)[NH+]2CCOCC2)cc1. The molecule has 0 amide bonds. The summed E-state index contributed by atoms with van der Waals surface area (Å²) < 4.78 is 10.7. The molecule has 134 valence electrons. The van der Waals surface area contributed by atoms with E-state index in [1.165, 1.54) is 4.88 Å². The smallest absolute Gasteiger partial charge is 0.171 e. The van der Waals surface area contributed by atoms with Crippen LogP contribution in [-0.2, 0) is 4.74 Å². The molecule has 3 N–H and O–H groups in total. The monoisotopic (exact) mass is 378 g/mol. The minimum atomic E-state index is 0.388. The molecule has 2 heterocycles. The zero-order valence-electron chi connectivity index (χ0n) is 14.3. The third kappa shape index (κ3) is 5.15. The lowest BCUT2D eigenvalue weighted by molar-refractivity contribution is -0.937. The first kappa shape index (κ1) is 18.1. The number of thiocarbonyl (C=S) groups is 1. The number of nitrogens with one attached hydrogen (secondary N) is 3. The number of morpholine rings is 1. The average molecular weight is 379 g/mol. The van der Waals surface area contributed by atoms with Gasteiger partial charge >= 0.3 is 0 Å². The van der Waals surface area contributed by atoms with E-state index in [-0.39, 0.29) is 0 Å². The van der Waals surface area contributed by atoms with Gasteiger partial charge < -0.3 is 25.0 Å². The molecule has 0 aliphatic carbocycles. The normalized spacial score (nSPS) is 16.2. The summed E-state index contributed by atoms with van der Waals surface area (Å²) in [6, 6.07) is 12.4. The second-order valence-corrected chi connectivity index (χ2v) is 7.29. The number of hydrogen-bond acceptors (Lipinski definition) is 4. The molecular formula is C18H24N3O2S2+. The van der Waals surface area contributed by atoms with Crippen molar-refractivity contribution in [2.75, 3.05) is 45.3 Å². The number of rotatable bonds is 6. The Labute approximate surface area is 157 Å². The predicted molar refractivity (Wildman–Crippen MR) is 106 cm³/mol. The van der Waals surface area contributed by atoms with Gasteiger partial charge in [-0.15, -0.1) is 11.3 Å². The first-order chi connectivity index (χ1) is 12.3. The lowest BCUT2D eigenvalue weighted by atomic mass is 10.2. The van der Waals surface area contributed by atoms with Gasteiger partial charge in [-0.3, -0.25) is 0 Å². The Morgan fingerprint density at radius 2 is 2.04 bits per heavy atom. The quantitative estimate of drug-likeness (QED) is 0.668. The van der Waals surface area contributed by atoms with Crippen LogP contribution in [0.2, 0.25) is 0 Å². The maximum Gasteiger partial charge on any atom is 0.171 e. The zero-order chi connectivity index (χ0) is 17.5. The van der Waals surface area contributed by atoms with Crippen molar-refractivity contribution in [1.29, 1.82) is 0 Å². The van der Waals surface area contributed by atoms with E-state index in [0.717, 1.165) is 44.3 Å². The highest BCUT2D eigenvalue weighted by Gasteiger charge is 2.27. The van der Waals surface area contributed by atoms with Crippen LogP contribution >= 0.6 is 23.6 Å². The minimum Gasteiger partial charge on any atom is -0.497 e. The highest BCUT2D eigenvalue weighted by atomic mass is 32.1. The molecule has 0 unspecified atom stereocenters. The van der Waals surface area contributed by atoms with Crippen LogP contribution in [0.15, 0.2) is 41.8 Å². The van der Waals surface area contributed by atoms with Crippen LogP contribution in [-0.4, -0.2) is 45.1 Å². The molecular weight excluding hydrogens is 354 g/mol. The Morgan fingerprint density at radius 3 is 2.68 bits per heavy atom. The highest BCUT2D eigenvalue weighted by molar-refractivity contribution is 7.80. The maximum atomic E-state index is 5.50. The third-order valence-electron chi connectivity index (χ3n) is 4.33. The molecule has 25 heavy (non-hydrogen) atoms. The summed E-state index contributed by atoms with van der Waals surface area (Å²) in [5, 5.41) is 9.38. The summed E-state index contributed by atoms with van der Waals surface area (Å²) in [5.41, 5.74) is 0.949. The Kier molecular flexibility index (Phi) is 6.63. The fraction of sp³-hybridized carbons (Fsp3) is 0.389. The van der Waals surface area contributed by atoms with Gasteiger partial charge in [-0.1, -0.05) is 6.07 Å². The highest BCUT2D eigenvalue weighted by Crippen LogP contribution is 2.17. The van der Waals surface area contributed by atoms with Crippen molar-refractivity contribution in [3.8, 4) is 5.75 Å². The van der Waals surface area contributed by atoms with Crippen molar-refractivity contribution in [3.05, 3.63) is 46.7 Å². The zero-order valence-corrected chi connectivity index (χ0v) is 15.9. The van der Waals surface area contributed by atoms with E-state index in [2.05, 4.69) is 28.1 Å². The molecule has 1 fully saturated rings. The molecule has 1 atom stereocenters. The molecule has 5 nitrogen and oxygen atoms in total. The van der Waals surface area contributed by atoms with Gasteiger partial charge in [0, 0.05) is 5.69 Å². The third-order valence-corrected chi connectivity index (χ3v) is 5.56. The lowest BCUT2D eigenvalue weighted by Gasteiger charge is -2.31. The van der Waals surface area contributed by atoms with Gasteiger partial charge in [-0.25, -0.2) is 0 Å². The molecule has 0 saturated carbocycles. The van der Waals surface area contributed by atoms with Crippen molar-refractivity contribution in [1.82, 2.24) is 5.32 Å². The summed E-state index contributed by atoms with van der Waals surface area (Å²) in [6.07, 6.45) is 0. The van der Waals surface area contributed by atoms with Crippen molar-refractivity contribution in [3.63, 3.8) is 0 Å². The first-order valence-electron chi connectivity index (χ1n) is 8.41. The Bertz CT molecular complexity index is 655. The Balaban J connectivity index is 1.57.